The van der Waals surface area contributed by atoms with Gasteiger partial charge in [-0.1, -0.05) is 48.9 Å². The average molecular weight is 402 g/mol. The Labute approximate surface area is 178 Å². The summed E-state index contributed by atoms with van der Waals surface area (Å²) in [6, 6.07) is 8.50. The van der Waals surface area contributed by atoms with E-state index >= 15 is 0 Å². The molecule has 2 saturated carbocycles. The SMILES string of the molecule is C[C@]12CCC(=NO)CC1=CC[C@@H]1[C@@H]2CC[C@]2(C)C(n3cnc4ccccc43)=CC[C@@H]12. The summed E-state index contributed by atoms with van der Waals surface area (Å²) in [5.41, 5.74) is 6.79. The van der Waals surface area contributed by atoms with Crippen molar-refractivity contribution in [1.82, 2.24) is 9.55 Å². The molecule has 30 heavy (non-hydrogen) atoms. The van der Waals surface area contributed by atoms with Gasteiger partial charge in [-0.25, -0.2) is 4.98 Å². The van der Waals surface area contributed by atoms with Crippen LogP contribution in [0.3, 0.4) is 0 Å². The highest BCUT2D eigenvalue weighted by molar-refractivity contribution is 5.87. The van der Waals surface area contributed by atoms with Crippen molar-refractivity contribution in [2.75, 3.05) is 0 Å². The molecule has 0 unspecified atom stereocenters. The molecule has 0 spiro atoms. The van der Waals surface area contributed by atoms with E-state index in [2.05, 4.69) is 65.0 Å². The number of hydrogen-bond donors (Lipinski definition) is 1. The van der Waals surface area contributed by atoms with E-state index in [0.29, 0.717) is 5.92 Å². The van der Waals surface area contributed by atoms with Gasteiger partial charge in [0.25, 0.3) is 0 Å². The van der Waals surface area contributed by atoms with E-state index in [4.69, 9.17) is 0 Å². The maximum atomic E-state index is 9.30. The van der Waals surface area contributed by atoms with Gasteiger partial charge in [0.1, 0.15) is 6.33 Å². The quantitative estimate of drug-likeness (QED) is 0.347. The first-order valence-corrected chi connectivity index (χ1v) is 11.6. The van der Waals surface area contributed by atoms with Gasteiger partial charge in [-0.15, -0.1) is 0 Å². The van der Waals surface area contributed by atoms with Crippen LogP contribution in [0.1, 0.15) is 58.8 Å². The number of imidazole rings is 1. The molecule has 1 aromatic carbocycles. The number of nitrogens with zero attached hydrogens (tertiary/aromatic N) is 3. The van der Waals surface area contributed by atoms with Crippen molar-refractivity contribution in [2.45, 2.75) is 58.8 Å². The molecule has 0 bridgehead atoms. The maximum Gasteiger partial charge on any atom is 0.100 e. The number of allylic oxidation sites excluding steroid dienone is 4. The number of benzene rings is 1. The zero-order valence-electron chi connectivity index (χ0n) is 18.0. The Morgan fingerprint density at radius 3 is 2.80 bits per heavy atom. The monoisotopic (exact) mass is 401 g/mol. The lowest BCUT2D eigenvalue weighted by Crippen LogP contribution is -2.49. The minimum absolute atomic E-state index is 0.221. The Kier molecular flexibility index (Phi) is 3.88. The Balaban J connectivity index is 1.35. The van der Waals surface area contributed by atoms with Crippen molar-refractivity contribution in [2.24, 2.45) is 33.7 Å². The van der Waals surface area contributed by atoms with Gasteiger partial charge in [0.05, 0.1) is 16.7 Å². The summed E-state index contributed by atoms with van der Waals surface area (Å²) in [6.45, 7) is 5.01. The minimum atomic E-state index is 0.221. The van der Waals surface area contributed by atoms with Crippen LogP contribution in [0, 0.1) is 28.6 Å². The summed E-state index contributed by atoms with van der Waals surface area (Å²) in [5.74, 6) is 2.20. The van der Waals surface area contributed by atoms with E-state index < -0.39 is 0 Å². The van der Waals surface area contributed by atoms with Crippen LogP contribution in [-0.4, -0.2) is 20.5 Å². The number of hydrogen-bond acceptors (Lipinski definition) is 3. The molecule has 2 aromatic rings. The van der Waals surface area contributed by atoms with Gasteiger partial charge >= 0.3 is 0 Å². The standard InChI is InChI=1S/C26H31N3O/c1-25-13-11-18(28-30)15-17(25)7-8-19-20-9-10-24(26(20,2)14-12-21(19)25)29-16-27-22-5-3-4-6-23(22)29/h3-7,10,16,19-21,30H,8-9,11-15H2,1-2H3/t19-,20-,21-,25-,26-/m0/s1. The molecule has 0 saturated heterocycles. The van der Waals surface area contributed by atoms with Gasteiger partial charge < -0.3 is 9.77 Å². The lowest BCUT2D eigenvalue weighted by molar-refractivity contribution is -0.00599. The third-order valence-corrected chi connectivity index (χ3v) is 9.35. The highest BCUT2D eigenvalue weighted by Crippen LogP contribution is 2.65. The molecule has 4 nitrogen and oxygen atoms in total. The lowest BCUT2D eigenvalue weighted by Gasteiger charge is -2.57. The van der Waals surface area contributed by atoms with Crippen LogP contribution in [0.15, 0.2) is 53.5 Å². The van der Waals surface area contributed by atoms with Gasteiger partial charge in [0.2, 0.25) is 0 Å². The second-order valence-electron chi connectivity index (χ2n) is 10.5. The van der Waals surface area contributed by atoms with Crippen molar-refractivity contribution in [1.29, 1.82) is 0 Å². The number of aromatic nitrogens is 2. The summed E-state index contributed by atoms with van der Waals surface area (Å²) in [7, 11) is 0. The smallest absolute Gasteiger partial charge is 0.100 e. The molecular weight excluding hydrogens is 370 g/mol. The molecule has 4 aliphatic carbocycles. The number of rotatable bonds is 1. The van der Waals surface area contributed by atoms with E-state index in [1.165, 1.54) is 42.5 Å². The second-order valence-corrected chi connectivity index (χ2v) is 10.5. The van der Waals surface area contributed by atoms with Gasteiger partial charge in [0, 0.05) is 17.5 Å². The summed E-state index contributed by atoms with van der Waals surface area (Å²) in [5, 5.41) is 12.9. The summed E-state index contributed by atoms with van der Waals surface area (Å²) < 4.78 is 2.37. The summed E-state index contributed by atoms with van der Waals surface area (Å²) >= 11 is 0. The van der Waals surface area contributed by atoms with Gasteiger partial charge in [-0.05, 0) is 73.8 Å². The van der Waals surface area contributed by atoms with Crippen LogP contribution in [0.2, 0.25) is 0 Å². The molecule has 0 aliphatic heterocycles. The van der Waals surface area contributed by atoms with Gasteiger partial charge in [-0.3, -0.25) is 0 Å². The van der Waals surface area contributed by atoms with E-state index in [-0.39, 0.29) is 10.8 Å². The molecule has 1 aromatic heterocycles. The maximum absolute atomic E-state index is 9.30. The Hall–Kier alpha value is -2.36. The molecule has 1 heterocycles. The van der Waals surface area contributed by atoms with Gasteiger partial charge in [-0.2, -0.15) is 0 Å². The van der Waals surface area contributed by atoms with E-state index in [9.17, 15) is 5.21 Å². The lowest BCUT2D eigenvalue weighted by atomic mass is 9.48. The van der Waals surface area contributed by atoms with Crippen molar-refractivity contribution >= 4 is 22.4 Å². The molecule has 0 radical (unpaired) electrons. The number of fused-ring (bicyclic) bond motifs is 6. The Bertz CT molecular complexity index is 1110. The predicted molar refractivity (Wildman–Crippen MR) is 120 cm³/mol. The first kappa shape index (κ1) is 18.4. The second kappa shape index (κ2) is 6.32. The topological polar surface area (TPSA) is 50.4 Å². The number of oxime groups is 1. The van der Waals surface area contributed by atoms with Gasteiger partial charge in [0.15, 0.2) is 0 Å². The molecule has 4 heteroatoms. The Morgan fingerprint density at radius 2 is 1.93 bits per heavy atom. The zero-order valence-corrected chi connectivity index (χ0v) is 18.0. The highest BCUT2D eigenvalue weighted by Gasteiger charge is 2.57. The fourth-order valence-electron chi connectivity index (χ4n) is 7.64. The van der Waals surface area contributed by atoms with Crippen LogP contribution >= 0.6 is 0 Å². The molecule has 156 valence electrons. The summed E-state index contributed by atoms with van der Waals surface area (Å²) in [4.78, 5) is 4.67. The average Bonchev–Trinajstić information content (AvgIpc) is 3.33. The van der Waals surface area contributed by atoms with E-state index in [1.807, 2.05) is 6.33 Å². The molecule has 2 fully saturated rings. The molecule has 1 N–H and O–H groups in total. The van der Waals surface area contributed by atoms with E-state index in [0.717, 1.165) is 42.3 Å². The third-order valence-electron chi connectivity index (χ3n) is 9.35. The van der Waals surface area contributed by atoms with Crippen LogP contribution in [0.25, 0.3) is 16.7 Å². The molecule has 6 rings (SSSR count). The van der Waals surface area contributed by atoms with Crippen LogP contribution in [0.5, 0.6) is 0 Å². The molecule has 5 atom stereocenters. The molecule has 4 aliphatic rings. The van der Waals surface area contributed by atoms with Crippen LogP contribution in [0.4, 0.5) is 0 Å². The Morgan fingerprint density at radius 1 is 1.07 bits per heavy atom. The van der Waals surface area contributed by atoms with Crippen molar-refractivity contribution in [3.05, 3.63) is 48.3 Å². The van der Waals surface area contributed by atoms with Crippen molar-refractivity contribution in [3.8, 4) is 0 Å². The predicted octanol–water partition coefficient (Wildman–Crippen LogP) is 6.28. The highest BCUT2D eigenvalue weighted by atomic mass is 16.4. The largest absolute Gasteiger partial charge is 0.411 e. The summed E-state index contributed by atoms with van der Waals surface area (Å²) in [6.07, 6.45) is 14.9. The van der Waals surface area contributed by atoms with Crippen molar-refractivity contribution in [3.63, 3.8) is 0 Å². The number of para-hydroxylation sites is 2. The fraction of sp³-hybridized carbons (Fsp3) is 0.538. The van der Waals surface area contributed by atoms with Crippen LogP contribution < -0.4 is 0 Å². The zero-order chi connectivity index (χ0) is 20.5. The first-order chi connectivity index (χ1) is 14.5. The van der Waals surface area contributed by atoms with E-state index in [1.54, 1.807) is 0 Å². The normalized spacial score (nSPS) is 39.3. The van der Waals surface area contributed by atoms with Crippen LogP contribution in [-0.2, 0) is 0 Å². The first-order valence-electron chi connectivity index (χ1n) is 11.6. The molecule has 0 amide bonds. The minimum Gasteiger partial charge on any atom is -0.411 e. The molecular formula is C26H31N3O. The third kappa shape index (κ3) is 2.34. The fourth-order valence-corrected chi connectivity index (χ4v) is 7.64. The van der Waals surface area contributed by atoms with Crippen molar-refractivity contribution < 1.29 is 5.21 Å².